The zero-order valence-corrected chi connectivity index (χ0v) is 13.9. The second-order valence-corrected chi connectivity index (χ2v) is 6.37. The van der Waals surface area contributed by atoms with Gasteiger partial charge in [-0.15, -0.1) is 0 Å². The molecule has 118 valence electrons. The zero-order valence-electron chi connectivity index (χ0n) is 13.9. The van der Waals surface area contributed by atoms with Crippen LogP contribution in [0, 0.1) is 0 Å². The van der Waals surface area contributed by atoms with Crippen LogP contribution in [-0.4, -0.2) is 41.8 Å². The van der Waals surface area contributed by atoms with Gasteiger partial charge in [-0.3, -0.25) is 0 Å². The van der Waals surface area contributed by atoms with Gasteiger partial charge in [-0.2, -0.15) is 0 Å². The minimum absolute atomic E-state index is 0.346. The van der Waals surface area contributed by atoms with Crippen molar-refractivity contribution in [1.29, 1.82) is 0 Å². The molecule has 2 rings (SSSR count). The van der Waals surface area contributed by atoms with Gasteiger partial charge in [-0.25, -0.2) is 9.97 Å². The maximum Gasteiger partial charge on any atom is 0.131 e. The predicted molar refractivity (Wildman–Crippen MR) is 85.7 cm³/mol. The van der Waals surface area contributed by atoms with Crippen molar-refractivity contribution in [2.24, 2.45) is 0 Å². The molecule has 1 unspecified atom stereocenters. The maximum absolute atomic E-state index is 5.54. The first-order valence-electron chi connectivity index (χ1n) is 7.92. The monoisotopic (exact) mass is 292 g/mol. The quantitative estimate of drug-likeness (QED) is 0.902. The molecule has 1 N–H and O–H groups in total. The lowest BCUT2D eigenvalue weighted by Gasteiger charge is -2.36. The Balaban J connectivity index is 2.29. The molecule has 1 atom stereocenters. The molecule has 1 aromatic heterocycles. The summed E-state index contributed by atoms with van der Waals surface area (Å²) in [6, 6.07) is 0.808. The summed E-state index contributed by atoms with van der Waals surface area (Å²) in [7, 11) is 0. The molecule has 1 fully saturated rings. The van der Waals surface area contributed by atoms with Gasteiger partial charge in [0.2, 0.25) is 0 Å². The van der Waals surface area contributed by atoms with Crippen LogP contribution in [0.25, 0.3) is 0 Å². The Kier molecular flexibility index (Phi) is 5.53. The zero-order chi connectivity index (χ0) is 15.4. The van der Waals surface area contributed by atoms with Crippen molar-refractivity contribution in [1.82, 2.24) is 15.3 Å². The molecule has 0 aromatic carbocycles. The van der Waals surface area contributed by atoms with Gasteiger partial charge < -0.3 is 15.0 Å². The van der Waals surface area contributed by atoms with E-state index >= 15 is 0 Å². The molecular weight excluding hydrogens is 264 g/mol. The Morgan fingerprint density at radius 2 is 2.14 bits per heavy atom. The second kappa shape index (κ2) is 7.18. The smallest absolute Gasteiger partial charge is 0.131 e. The number of aromatic nitrogens is 2. The molecule has 1 saturated heterocycles. The molecule has 0 aliphatic carbocycles. The van der Waals surface area contributed by atoms with Crippen molar-refractivity contribution in [3.8, 4) is 0 Å². The molecule has 0 amide bonds. The number of ether oxygens (including phenoxy) is 1. The summed E-state index contributed by atoms with van der Waals surface area (Å²) in [4.78, 5) is 11.7. The van der Waals surface area contributed by atoms with Crippen LogP contribution < -0.4 is 10.2 Å². The number of nitrogens with one attached hydrogen (secondary N) is 1. The minimum Gasteiger partial charge on any atom is -0.377 e. The van der Waals surface area contributed by atoms with Gasteiger partial charge in [0.25, 0.3) is 0 Å². The normalized spacial score (nSPS) is 19.6. The van der Waals surface area contributed by atoms with Crippen LogP contribution in [0.5, 0.6) is 0 Å². The molecule has 5 heteroatoms. The Hall–Kier alpha value is -1.20. The summed E-state index contributed by atoms with van der Waals surface area (Å²) >= 11 is 0. The van der Waals surface area contributed by atoms with Crippen LogP contribution in [0.3, 0.4) is 0 Å². The number of hydrogen-bond acceptors (Lipinski definition) is 5. The topological polar surface area (TPSA) is 50.3 Å². The highest BCUT2D eigenvalue weighted by Gasteiger charge is 2.23. The molecule has 5 nitrogen and oxygen atoms in total. The molecule has 1 aromatic rings. The molecule has 2 heterocycles. The van der Waals surface area contributed by atoms with Gasteiger partial charge in [-0.1, -0.05) is 27.7 Å². The van der Waals surface area contributed by atoms with Crippen molar-refractivity contribution in [2.45, 2.75) is 59.2 Å². The van der Waals surface area contributed by atoms with Crippen molar-refractivity contribution >= 4 is 5.69 Å². The van der Waals surface area contributed by atoms with E-state index in [1.807, 2.05) is 6.20 Å². The van der Waals surface area contributed by atoms with E-state index in [2.05, 4.69) is 49.8 Å². The summed E-state index contributed by atoms with van der Waals surface area (Å²) in [6.45, 7) is 14.0. The second-order valence-electron chi connectivity index (χ2n) is 6.37. The third kappa shape index (κ3) is 4.14. The first-order chi connectivity index (χ1) is 9.99. The van der Waals surface area contributed by atoms with Crippen LogP contribution in [-0.2, 0) is 11.3 Å². The highest BCUT2D eigenvalue weighted by Crippen LogP contribution is 2.24. The summed E-state index contributed by atoms with van der Waals surface area (Å²) in [5, 5.41) is 3.47. The van der Waals surface area contributed by atoms with Crippen LogP contribution in [0.4, 0.5) is 5.69 Å². The molecule has 0 spiro atoms. The van der Waals surface area contributed by atoms with E-state index in [0.29, 0.717) is 18.0 Å². The van der Waals surface area contributed by atoms with Gasteiger partial charge >= 0.3 is 0 Å². The van der Waals surface area contributed by atoms with Crippen molar-refractivity contribution in [3.63, 3.8) is 0 Å². The highest BCUT2D eigenvalue weighted by atomic mass is 16.5. The van der Waals surface area contributed by atoms with Gasteiger partial charge in [0, 0.05) is 31.1 Å². The Bertz CT molecular complexity index is 462. The van der Waals surface area contributed by atoms with Crippen LogP contribution in [0.2, 0.25) is 0 Å². The molecule has 0 bridgehead atoms. The van der Waals surface area contributed by atoms with Crippen LogP contribution in [0.15, 0.2) is 6.20 Å². The Morgan fingerprint density at radius 1 is 1.38 bits per heavy atom. The number of morpholine rings is 1. The minimum atomic E-state index is 0.346. The average Bonchev–Trinajstić information content (AvgIpc) is 2.45. The SMILES string of the molecule is CC(C)NCc1nc(C(C)C)ncc1N1CCOCC1C. The molecule has 21 heavy (non-hydrogen) atoms. The van der Waals surface area contributed by atoms with Gasteiger partial charge in [0.1, 0.15) is 5.82 Å². The standard InChI is InChI=1S/C16H28N4O/c1-11(2)16-18-9-15(14(19-16)8-17-12(3)4)20-6-7-21-10-13(20)5/h9,11-13,17H,6-8,10H2,1-5H3. The van der Waals surface area contributed by atoms with Gasteiger partial charge in [-0.05, 0) is 6.92 Å². The third-order valence-corrected chi connectivity index (χ3v) is 3.74. The lowest BCUT2D eigenvalue weighted by atomic mass is 10.1. The van der Waals surface area contributed by atoms with E-state index in [4.69, 9.17) is 9.72 Å². The summed E-state index contributed by atoms with van der Waals surface area (Å²) in [5.74, 6) is 1.26. The lowest BCUT2D eigenvalue weighted by molar-refractivity contribution is 0.0987. The van der Waals surface area contributed by atoms with E-state index < -0.39 is 0 Å². The highest BCUT2D eigenvalue weighted by molar-refractivity contribution is 5.50. The van der Waals surface area contributed by atoms with E-state index in [1.54, 1.807) is 0 Å². The summed E-state index contributed by atoms with van der Waals surface area (Å²) in [6.07, 6.45) is 1.99. The Labute approximate surface area is 128 Å². The van der Waals surface area contributed by atoms with E-state index in [-0.39, 0.29) is 0 Å². The summed E-state index contributed by atoms with van der Waals surface area (Å²) < 4.78 is 5.54. The Morgan fingerprint density at radius 3 is 2.76 bits per heavy atom. The molecule has 1 aliphatic rings. The largest absolute Gasteiger partial charge is 0.377 e. The number of rotatable bonds is 5. The van der Waals surface area contributed by atoms with Crippen LogP contribution in [0.1, 0.15) is 52.1 Å². The first-order valence-corrected chi connectivity index (χ1v) is 7.92. The molecule has 0 saturated carbocycles. The molecule has 1 aliphatic heterocycles. The van der Waals surface area contributed by atoms with Crippen LogP contribution >= 0.6 is 0 Å². The lowest BCUT2D eigenvalue weighted by Crippen LogP contribution is -2.44. The fraction of sp³-hybridized carbons (Fsp3) is 0.750. The third-order valence-electron chi connectivity index (χ3n) is 3.74. The number of hydrogen-bond donors (Lipinski definition) is 1. The fourth-order valence-corrected chi connectivity index (χ4v) is 2.46. The van der Waals surface area contributed by atoms with Crippen molar-refractivity contribution in [2.75, 3.05) is 24.7 Å². The molecular formula is C16H28N4O. The van der Waals surface area contributed by atoms with Crippen molar-refractivity contribution in [3.05, 3.63) is 17.7 Å². The van der Waals surface area contributed by atoms with E-state index in [0.717, 1.165) is 43.5 Å². The molecule has 0 radical (unpaired) electrons. The number of nitrogens with zero attached hydrogens (tertiary/aromatic N) is 3. The van der Waals surface area contributed by atoms with E-state index in [1.165, 1.54) is 0 Å². The predicted octanol–water partition coefficient (Wildman–Crippen LogP) is 2.32. The van der Waals surface area contributed by atoms with Crippen molar-refractivity contribution < 1.29 is 4.74 Å². The average molecular weight is 292 g/mol. The van der Waals surface area contributed by atoms with Gasteiger partial charge in [0.05, 0.1) is 30.8 Å². The number of anilines is 1. The first kappa shape index (κ1) is 16.2. The van der Waals surface area contributed by atoms with Gasteiger partial charge in [0.15, 0.2) is 0 Å². The summed E-state index contributed by atoms with van der Waals surface area (Å²) in [5.41, 5.74) is 2.24. The van der Waals surface area contributed by atoms with E-state index in [9.17, 15) is 0 Å². The fourth-order valence-electron chi connectivity index (χ4n) is 2.46. The maximum atomic E-state index is 5.54.